The number of ether oxygens (including phenoxy) is 3. The number of benzene rings is 2. The van der Waals surface area contributed by atoms with Crippen molar-refractivity contribution in [2.75, 3.05) is 24.6 Å². The van der Waals surface area contributed by atoms with Crippen LogP contribution in [-0.4, -0.2) is 48.0 Å². The lowest BCUT2D eigenvalue weighted by atomic mass is 10.0. The van der Waals surface area contributed by atoms with Crippen LogP contribution in [0.5, 0.6) is 11.5 Å². The molecule has 1 atom stereocenters. The van der Waals surface area contributed by atoms with E-state index in [1.807, 2.05) is 0 Å². The van der Waals surface area contributed by atoms with Crippen molar-refractivity contribution in [3.8, 4) is 23.3 Å². The topological polar surface area (TPSA) is 123 Å². The Bertz CT molecular complexity index is 1630. The van der Waals surface area contributed by atoms with E-state index in [-0.39, 0.29) is 47.1 Å². The third-order valence-electron chi connectivity index (χ3n) is 6.68. The summed E-state index contributed by atoms with van der Waals surface area (Å²) in [4.78, 5) is 40.2. The summed E-state index contributed by atoms with van der Waals surface area (Å²) >= 11 is 0. The number of pyridine rings is 1. The first kappa shape index (κ1) is 27.0. The molecule has 5 rings (SSSR count). The molecule has 1 aromatic heterocycles. The van der Waals surface area contributed by atoms with Crippen LogP contribution < -0.4 is 20.4 Å². The molecule has 2 aliphatic heterocycles. The third kappa shape index (κ3) is 4.93. The van der Waals surface area contributed by atoms with Gasteiger partial charge in [0.2, 0.25) is 5.43 Å². The fourth-order valence-electron chi connectivity index (χ4n) is 5.10. The summed E-state index contributed by atoms with van der Waals surface area (Å²) in [5.41, 5.74) is -0.460. The number of anilines is 1. The zero-order valence-corrected chi connectivity index (χ0v) is 22.7. The zero-order chi connectivity index (χ0) is 28.8. The summed E-state index contributed by atoms with van der Waals surface area (Å²) in [6.45, 7) is 7.76. The maximum Gasteiger partial charge on any atom is 0.407 e. The monoisotopic (exact) mass is 548 g/mol. The smallest absolute Gasteiger partial charge is 0.407 e. The van der Waals surface area contributed by atoms with Gasteiger partial charge in [0.05, 0.1) is 29.3 Å². The molecular formula is C29H29FN4O6. The van der Waals surface area contributed by atoms with E-state index >= 15 is 4.39 Å². The molecule has 11 heteroatoms. The Morgan fingerprint density at radius 2 is 2.05 bits per heavy atom. The number of hydrogen-bond donors (Lipinski definition) is 1. The number of alkyl carbamates (subject to hydrolysis) is 1. The lowest BCUT2D eigenvalue weighted by Gasteiger charge is -2.37. The minimum absolute atomic E-state index is 0.0561. The van der Waals surface area contributed by atoms with Gasteiger partial charge in [-0.2, -0.15) is 5.26 Å². The zero-order valence-electron chi connectivity index (χ0n) is 22.7. The highest BCUT2D eigenvalue weighted by atomic mass is 19.1. The highest BCUT2D eigenvalue weighted by Gasteiger charge is 2.33. The van der Waals surface area contributed by atoms with Gasteiger partial charge < -0.3 is 29.0 Å². The predicted octanol–water partition coefficient (Wildman–Crippen LogP) is 4.78. The van der Waals surface area contributed by atoms with Crippen LogP contribution in [0.3, 0.4) is 0 Å². The average molecular weight is 549 g/mol. The number of amides is 1. The largest absolute Gasteiger partial charge is 0.462 e. The van der Waals surface area contributed by atoms with E-state index in [0.717, 1.165) is 6.07 Å². The minimum atomic E-state index is -0.833. The van der Waals surface area contributed by atoms with Crippen molar-refractivity contribution in [1.29, 1.82) is 5.26 Å². The number of nitrogens with one attached hydrogen (secondary N) is 1. The molecule has 3 heterocycles. The van der Waals surface area contributed by atoms with Gasteiger partial charge in [-0.05, 0) is 64.8 Å². The van der Waals surface area contributed by atoms with E-state index in [9.17, 15) is 19.6 Å². The Morgan fingerprint density at radius 1 is 1.27 bits per heavy atom. The summed E-state index contributed by atoms with van der Waals surface area (Å²) in [6.07, 6.45) is 2.13. The first-order valence-electron chi connectivity index (χ1n) is 13.1. The van der Waals surface area contributed by atoms with Crippen molar-refractivity contribution in [1.82, 2.24) is 9.88 Å². The van der Waals surface area contributed by atoms with E-state index < -0.39 is 28.9 Å². The van der Waals surface area contributed by atoms with Gasteiger partial charge in [-0.1, -0.05) is 0 Å². The summed E-state index contributed by atoms with van der Waals surface area (Å²) in [7, 11) is 0. The normalized spacial score (nSPS) is 16.0. The number of piperidine rings is 1. The molecule has 0 aliphatic carbocycles. The van der Waals surface area contributed by atoms with E-state index in [1.165, 1.54) is 6.20 Å². The number of nitriles is 1. The third-order valence-corrected chi connectivity index (χ3v) is 6.68. The van der Waals surface area contributed by atoms with Crippen LogP contribution in [0.25, 0.3) is 16.6 Å². The number of esters is 1. The molecule has 0 radical (unpaired) electrons. The van der Waals surface area contributed by atoms with Crippen molar-refractivity contribution >= 4 is 28.7 Å². The van der Waals surface area contributed by atoms with Gasteiger partial charge in [-0.3, -0.25) is 4.79 Å². The Labute approximate surface area is 229 Å². The molecule has 2 aliphatic rings. The molecule has 2 aromatic carbocycles. The van der Waals surface area contributed by atoms with E-state index in [4.69, 9.17) is 14.2 Å². The molecule has 0 spiro atoms. The second-order valence-corrected chi connectivity index (χ2v) is 10.7. The molecule has 1 unspecified atom stereocenters. The van der Waals surface area contributed by atoms with E-state index in [1.54, 1.807) is 55.4 Å². The molecule has 10 nitrogen and oxygen atoms in total. The summed E-state index contributed by atoms with van der Waals surface area (Å²) in [5, 5.41) is 12.3. The summed E-state index contributed by atoms with van der Waals surface area (Å²) in [6, 6.07) is 7.59. The van der Waals surface area contributed by atoms with Crippen LogP contribution in [-0.2, 0) is 9.47 Å². The van der Waals surface area contributed by atoms with Gasteiger partial charge in [-0.25, -0.2) is 14.0 Å². The van der Waals surface area contributed by atoms with E-state index in [0.29, 0.717) is 36.4 Å². The van der Waals surface area contributed by atoms with Crippen LogP contribution in [0.15, 0.2) is 35.3 Å². The van der Waals surface area contributed by atoms with Gasteiger partial charge in [0.25, 0.3) is 0 Å². The van der Waals surface area contributed by atoms with Gasteiger partial charge >= 0.3 is 12.1 Å². The maximum absolute atomic E-state index is 15.9. The van der Waals surface area contributed by atoms with Crippen molar-refractivity contribution < 1.29 is 28.2 Å². The van der Waals surface area contributed by atoms with E-state index in [2.05, 4.69) is 11.4 Å². The maximum atomic E-state index is 15.9. The standard InChI is InChI=1S/C29H29FN4O6/c1-5-38-27(36)19-15-34-21-11-16(13-31)8-9-22(21)39-26-23(34)18(25(19)35)12-20(30)24(26)33-10-6-7-17(14-33)32-28(37)40-29(2,3)4/h8-9,11-12,15,17H,5-7,10,14H2,1-4H3,(H,32,37). The van der Waals surface area contributed by atoms with Gasteiger partial charge in [0.1, 0.15) is 22.4 Å². The minimum Gasteiger partial charge on any atom is -0.462 e. The lowest BCUT2D eigenvalue weighted by Crippen LogP contribution is -2.49. The first-order chi connectivity index (χ1) is 19.0. The molecule has 1 amide bonds. The van der Waals surface area contributed by atoms with Gasteiger partial charge in [0.15, 0.2) is 17.3 Å². The number of nitrogens with zero attached hydrogens (tertiary/aromatic N) is 3. The molecule has 1 saturated heterocycles. The number of aromatic nitrogens is 1. The number of hydrogen-bond acceptors (Lipinski definition) is 8. The van der Waals surface area contributed by atoms with Crippen molar-refractivity contribution in [3.63, 3.8) is 0 Å². The van der Waals surface area contributed by atoms with Crippen LogP contribution in [0.1, 0.15) is 56.5 Å². The quantitative estimate of drug-likeness (QED) is 0.362. The lowest BCUT2D eigenvalue weighted by molar-refractivity contribution is 0.0496. The second-order valence-electron chi connectivity index (χ2n) is 10.7. The second kappa shape index (κ2) is 10.2. The number of fused-ring (bicyclic) bond motifs is 2. The molecule has 0 saturated carbocycles. The molecular weight excluding hydrogens is 519 g/mol. The van der Waals surface area contributed by atoms with Crippen molar-refractivity contribution in [2.45, 2.75) is 52.2 Å². The molecule has 1 N–H and O–H groups in total. The Morgan fingerprint density at radius 3 is 2.75 bits per heavy atom. The average Bonchev–Trinajstić information content (AvgIpc) is 2.89. The van der Waals surface area contributed by atoms with Crippen LogP contribution in [0.4, 0.5) is 14.9 Å². The number of carbonyl (C=O) groups is 2. The fourth-order valence-corrected chi connectivity index (χ4v) is 5.10. The molecule has 3 aromatic rings. The Hall–Kier alpha value is -4.59. The molecule has 40 heavy (non-hydrogen) atoms. The number of halogens is 1. The Kier molecular flexibility index (Phi) is 6.87. The molecule has 208 valence electrons. The van der Waals surface area contributed by atoms with Crippen LogP contribution in [0.2, 0.25) is 0 Å². The van der Waals surface area contributed by atoms with Gasteiger partial charge in [0, 0.05) is 25.3 Å². The highest BCUT2D eigenvalue weighted by molar-refractivity contribution is 5.99. The van der Waals surface area contributed by atoms with Crippen LogP contribution in [0, 0.1) is 17.1 Å². The molecule has 1 fully saturated rings. The molecule has 0 bridgehead atoms. The van der Waals surface area contributed by atoms with Crippen molar-refractivity contribution in [3.05, 3.63) is 57.6 Å². The van der Waals surface area contributed by atoms with Crippen LogP contribution >= 0.6 is 0 Å². The van der Waals surface area contributed by atoms with Crippen molar-refractivity contribution in [2.24, 2.45) is 0 Å². The number of carbonyl (C=O) groups excluding carboxylic acids is 2. The number of rotatable bonds is 4. The fraction of sp³-hybridized carbons (Fsp3) is 0.379. The summed E-state index contributed by atoms with van der Waals surface area (Å²) < 4.78 is 34.2. The predicted molar refractivity (Wildman–Crippen MR) is 145 cm³/mol. The summed E-state index contributed by atoms with van der Waals surface area (Å²) in [5.74, 6) is -1.11. The first-order valence-corrected chi connectivity index (χ1v) is 13.1. The van der Waals surface area contributed by atoms with Gasteiger partial charge in [-0.15, -0.1) is 0 Å². The SMILES string of the molecule is CCOC(=O)c1cn2c3c(c(N4CCCC(NC(=O)OC(C)(C)C)C4)c(F)cc3c1=O)Oc1ccc(C#N)cc1-2. The Balaban J connectivity index is 1.65. The highest BCUT2D eigenvalue weighted by Crippen LogP contribution is 2.47.